The fraction of sp³-hybridized carbons (Fsp3) is 0.452. The molecule has 42 heavy (non-hydrogen) atoms. The van der Waals surface area contributed by atoms with Crippen LogP contribution in [0.3, 0.4) is 0 Å². The molecule has 0 aliphatic heterocycles. The molecule has 2 heterocycles. The first-order chi connectivity index (χ1) is 20.2. The molecule has 1 saturated carbocycles. The molecule has 0 bridgehead atoms. The van der Waals surface area contributed by atoms with Gasteiger partial charge in [0.2, 0.25) is 11.7 Å². The van der Waals surface area contributed by atoms with Gasteiger partial charge in [-0.15, -0.1) is 0 Å². The van der Waals surface area contributed by atoms with Crippen LogP contribution in [0.2, 0.25) is 0 Å². The van der Waals surface area contributed by atoms with Crippen molar-refractivity contribution in [3.63, 3.8) is 0 Å². The summed E-state index contributed by atoms with van der Waals surface area (Å²) in [6.45, 7) is 4.08. The number of carbonyl (C=O) groups excluding carboxylic acids is 4. The van der Waals surface area contributed by atoms with Crippen LogP contribution < -0.4 is 26.2 Å². The zero-order valence-electron chi connectivity index (χ0n) is 24.3. The van der Waals surface area contributed by atoms with Gasteiger partial charge in [-0.2, -0.15) is 0 Å². The van der Waals surface area contributed by atoms with Crippen LogP contribution in [0.1, 0.15) is 62.0 Å². The molecule has 1 aliphatic carbocycles. The first-order valence-electron chi connectivity index (χ1n) is 14.4. The molecule has 3 amide bonds. The number of hydrogen-bond donors (Lipinski definition) is 5. The van der Waals surface area contributed by atoms with Gasteiger partial charge >= 0.3 is 0 Å². The summed E-state index contributed by atoms with van der Waals surface area (Å²) in [5.41, 5.74) is 0.806. The fourth-order valence-electron chi connectivity index (χ4n) is 5.36. The quantitative estimate of drug-likeness (QED) is 0.208. The molecule has 0 saturated heterocycles. The van der Waals surface area contributed by atoms with E-state index >= 15 is 0 Å². The van der Waals surface area contributed by atoms with Gasteiger partial charge < -0.3 is 30.7 Å². The first kappa shape index (κ1) is 30.5. The predicted octanol–water partition coefficient (Wildman–Crippen LogP) is 2.61. The SMILES string of the molecule is COc1cccc2[nH]c(C(=O)NC(C(=O)N[C@@H](Cc3ccc[nH]c3=O)C(=O)C(=O)NCC(C)C)C3CCCCC3)cc12. The molecular weight excluding hydrogens is 538 g/mol. The lowest BCUT2D eigenvalue weighted by molar-refractivity contribution is -0.140. The number of benzene rings is 1. The van der Waals surface area contributed by atoms with E-state index in [0.29, 0.717) is 11.3 Å². The molecule has 1 fully saturated rings. The molecule has 2 atom stereocenters. The van der Waals surface area contributed by atoms with E-state index in [1.807, 2.05) is 26.0 Å². The van der Waals surface area contributed by atoms with Crippen LogP contribution in [-0.2, 0) is 20.8 Å². The van der Waals surface area contributed by atoms with Crippen molar-refractivity contribution >= 4 is 34.4 Å². The summed E-state index contributed by atoms with van der Waals surface area (Å²) >= 11 is 0. The number of amides is 3. The molecule has 1 aliphatic rings. The molecule has 2 aromatic heterocycles. The van der Waals surface area contributed by atoms with Gasteiger partial charge in [0, 0.05) is 35.6 Å². The molecule has 1 unspecified atom stereocenters. The van der Waals surface area contributed by atoms with Crippen molar-refractivity contribution in [3.8, 4) is 5.75 Å². The van der Waals surface area contributed by atoms with Crippen molar-refractivity contribution in [2.75, 3.05) is 13.7 Å². The second-order valence-electron chi connectivity index (χ2n) is 11.2. The lowest BCUT2D eigenvalue weighted by Gasteiger charge is -2.31. The van der Waals surface area contributed by atoms with E-state index in [0.717, 1.165) is 37.5 Å². The normalized spacial score (nSPS) is 15.1. The number of pyridine rings is 1. The van der Waals surface area contributed by atoms with E-state index in [4.69, 9.17) is 4.74 Å². The lowest BCUT2D eigenvalue weighted by Crippen LogP contribution is -2.57. The Morgan fingerprint density at radius 1 is 1.02 bits per heavy atom. The number of hydrogen-bond acceptors (Lipinski definition) is 6. The number of fused-ring (bicyclic) bond motifs is 1. The van der Waals surface area contributed by atoms with Crippen molar-refractivity contribution in [3.05, 3.63) is 64.2 Å². The number of nitrogens with one attached hydrogen (secondary N) is 5. The Labute approximate surface area is 244 Å². The molecule has 11 heteroatoms. The molecular formula is C31H39N5O6. The minimum absolute atomic E-state index is 0.113. The topological polar surface area (TPSA) is 162 Å². The third-order valence-corrected chi connectivity index (χ3v) is 7.63. The monoisotopic (exact) mass is 577 g/mol. The number of methoxy groups -OCH3 is 1. The van der Waals surface area contributed by atoms with Crippen molar-refractivity contribution < 1.29 is 23.9 Å². The van der Waals surface area contributed by atoms with E-state index in [-0.39, 0.29) is 36.1 Å². The van der Waals surface area contributed by atoms with Gasteiger partial charge in [0.15, 0.2) is 0 Å². The Bertz CT molecular complexity index is 1490. The van der Waals surface area contributed by atoms with Crippen molar-refractivity contribution in [1.82, 2.24) is 25.9 Å². The molecule has 11 nitrogen and oxygen atoms in total. The smallest absolute Gasteiger partial charge is 0.289 e. The predicted molar refractivity (Wildman–Crippen MR) is 158 cm³/mol. The van der Waals surface area contributed by atoms with Crippen LogP contribution in [0.25, 0.3) is 10.9 Å². The summed E-state index contributed by atoms with van der Waals surface area (Å²) < 4.78 is 5.40. The maximum atomic E-state index is 13.8. The number of H-pyrrole nitrogens is 2. The summed E-state index contributed by atoms with van der Waals surface area (Å²) in [6, 6.07) is 8.01. The van der Waals surface area contributed by atoms with Gasteiger partial charge in [-0.3, -0.25) is 24.0 Å². The molecule has 0 spiro atoms. The highest BCUT2D eigenvalue weighted by molar-refractivity contribution is 6.38. The van der Waals surface area contributed by atoms with Crippen LogP contribution in [-0.4, -0.2) is 59.2 Å². The average Bonchev–Trinajstić information content (AvgIpc) is 3.44. The third kappa shape index (κ3) is 7.45. The Kier molecular flexibility index (Phi) is 10.2. The highest BCUT2D eigenvalue weighted by Crippen LogP contribution is 2.28. The zero-order valence-corrected chi connectivity index (χ0v) is 24.3. The summed E-state index contributed by atoms with van der Waals surface area (Å²) in [7, 11) is 1.55. The maximum Gasteiger partial charge on any atom is 0.289 e. The number of carbonyl (C=O) groups is 4. The largest absolute Gasteiger partial charge is 0.496 e. The van der Waals surface area contributed by atoms with Gasteiger partial charge in [0.05, 0.1) is 7.11 Å². The van der Waals surface area contributed by atoms with Crippen molar-refractivity contribution in [2.45, 2.75) is 64.5 Å². The van der Waals surface area contributed by atoms with E-state index in [2.05, 4.69) is 25.9 Å². The van der Waals surface area contributed by atoms with Gasteiger partial charge in [-0.05, 0) is 48.9 Å². The van der Waals surface area contributed by atoms with Gasteiger partial charge in [0.25, 0.3) is 17.4 Å². The van der Waals surface area contributed by atoms with Gasteiger partial charge in [-0.25, -0.2) is 0 Å². The molecule has 4 rings (SSSR count). The van der Waals surface area contributed by atoms with Crippen LogP contribution in [0.5, 0.6) is 5.75 Å². The summed E-state index contributed by atoms with van der Waals surface area (Å²) in [6.07, 6.45) is 5.60. The van der Waals surface area contributed by atoms with E-state index < -0.39 is 41.1 Å². The third-order valence-electron chi connectivity index (χ3n) is 7.63. The fourth-order valence-corrected chi connectivity index (χ4v) is 5.36. The van der Waals surface area contributed by atoms with Gasteiger partial charge in [-0.1, -0.05) is 45.2 Å². The van der Waals surface area contributed by atoms with E-state index in [9.17, 15) is 24.0 Å². The van der Waals surface area contributed by atoms with Crippen LogP contribution in [0, 0.1) is 11.8 Å². The van der Waals surface area contributed by atoms with E-state index in [1.54, 1.807) is 31.4 Å². The molecule has 3 aromatic rings. The minimum atomic E-state index is -1.30. The van der Waals surface area contributed by atoms with Crippen LogP contribution in [0.15, 0.2) is 47.4 Å². The summed E-state index contributed by atoms with van der Waals surface area (Å²) in [4.78, 5) is 71.3. The molecule has 0 radical (unpaired) electrons. The number of ketones is 1. The van der Waals surface area contributed by atoms with Gasteiger partial charge in [0.1, 0.15) is 23.5 Å². The van der Waals surface area contributed by atoms with E-state index in [1.165, 1.54) is 6.20 Å². The minimum Gasteiger partial charge on any atom is -0.496 e. The summed E-state index contributed by atoms with van der Waals surface area (Å²) in [5.74, 6) is -2.19. The molecule has 5 N–H and O–H groups in total. The Morgan fingerprint density at radius 3 is 2.48 bits per heavy atom. The Morgan fingerprint density at radius 2 is 1.79 bits per heavy atom. The number of aromatic amines is 2. The summed E-state index contributed by atoms with van der Waals surface area (Å²) in [5, 5.41) is 8.93. The number of Topliss-reactive ketones (excluding diaryl/α,β-unsaturated/α-hetero) is 1. The Hall–Kier alpha value is -4.41. The highest BCUT2D eigenvalue weighted by Gasteiger charge is 2.35. The second-order valence-corrected chi connectivity index (χ2v) is 11.2. The first-order valence-corrected chi connectivity index (χ1v) is 14.4. The maximum absolute atomic E-state index is 13.8. The highest BCUT2D eigenvalue weighted by atomic mass is 16.5. The lowest BCUT2D eigenvalue weighted by atomic mass is 9.83. The second kappa shape index (κ2) is 14.0. The number of aromatic nitrogens is 2. The zero-order chi connectivity index (χ0) is 30.2. The molecule has 1 aromatic carbocycles. The number of ether oxygens (including phenoxy) is 1. The average molecular weight is 578 g/mol. The van der Waals surface area contributed by atoms with Crippen molar-refractivity contribution in [1.29, 1.82) is 0 Å². The standard InChI is InChI=1S/C31H39N5O6/c1-18(2)17-33-31(41)27(37)23(15-20-11-8-14-32-28(20)38)35-30(40)26(19-9-5-4-6-10-19)36-29(39)24-16-21-22(34-24)12-7-13-25(21)42-3/h7-8,11-14,16,18-19,23,26,34H,4-6,9-10,15,17H2,1-3H3,(H,32,38)(H,33,41)(H,35,40)(H,36,39)/t23-,26?/m0/s1. The molecule has 224 valence electrons. The van der Waals surface area contributed by atoms with Crippen LogP contribution in [0.4, 0.5) is 0 Å². The number of rotatable bonds is 12. The van der Waals surface area contributed by atoms with Crippen LogP contribution >= 0.6 is 0 Å². The Balaban J connectivity index is 1.59. The van der Waals surface area contributed by atoms with Crippen molar-refractivity contribution in [2.24, 2.45) is 11.8 Å².